The Labute approximate surface area is 111 Å². The molecule has 0 saturated heterocycles. The van der Waals surface area contributed by atoms with Gasteiger partial charge in [0, 0.05) is 0 Å². The first-order valence-corrected chi connectivity index (χ1v) is 6.02. The molecule has 0 aromatic heterocycles. The highest BCUT2D eigenvalue weighted by Crippen LogP contribution is 2.19. The second kappa shape index (κ2) is 6.31. The summed E-state index contributed by atoms with van der Waals surface area (Å²) in [7, 11) is 0. The molecule has 0 radical (unpaired) electrons. The Morgan fingerprint density at radius 3 is 2.58 bits per heavy atom. The van der Waals surface area contributed by atoms with Crippen LogP contribution in [0.4, 0.5) is 4.39 Å². The molecule has 2 aromatic carbocycles. The van der Waals surface area contributed by atoms with Crippen molar-refractivity contribution in [2.24, 2.45) is 5.73 Å². The van der Waals surface area contributed by atoms with E-state index in [-0.39, 0.29) is 12.4 Å². The van der Waals surface area contributed by atoms with Crippen LogP contribution in [0.3, 0.4) is 0 Å². The molecule has 3 nitrogen and oxygen atoms in total. The lowest BCUT2D eigenvalue weighted by atomic mass is 10.1. The first-order valence-electron chi connectivity index (χ1n) is 6.02. The van der Waals surface area contributed by atoms with Crippen LogP contribution in [0.1, 0.15) is 17.2 Å². The second-order valence-corrected chi connectivity index (χ2v) is 4.28. The maximum absolute atomic E-state index is 12.8. The van der Waals surface area contributed by atoms with Gasteiger partial charge in [0.25, 0.3) is 0 Å². The average Bonchev–Trinajstić information content (AvgIpc) is 2.46. The topological polar surface area (TPSA) is 55.5 Å². The molecule has 0 spiro atoms. The minimum Gasteiger partial charge on any atom is -0.489 e. The van der Waals surface area contributed by atoms with Crippen LogP contribution in [0.5, 0.6) is 5.75 Å². The number of hydrogen-bond donors (Lipinski definition) is 2. The van der Waals surface area contributed by atoms with Crippen molar-refractivity contribution in [3.63, 3.8) is 0 Å². The molecule has 100 valence electrons. The molecule has 1 atom stereocenters. The van der Waals surface area contributed by atoms with Gasteiger partial charge in [-0.2, -0.15) is 0 Å². The monoisotopic (exact) mass is 261 g/mol. The van der Waals surface area contributed by atoms with Crippen molar-refractivity contribution in [2.45, 2.75) is 12.6 Å². The standard InChI is InChI=1S/C15H16FNO2/c16-13-6-4-11(5-7-13)10-19-14-3-1-2-12(8-14)15(17)9-18/h1-8,15,18H,9-10,17H2/t15-/m1/s1. The number of ether oxygens (including phenoxy) is 1. The molecular weight excluding hydrogens is 245 g/mol. The van der Waals surface area contributed by atoms with Crippen molar-refractivity contribution < 1.29 is 14.2 Å². The number of halogens is 1. The van der Waals surface area contributed by atoms with E-state index in [1.807, 2.05) is 18.2 Å². The lowest BCUT2D eigenvalue weighted by molar-refractivity contribution is 0.267. The third-order valence-electron chi connectivity index (χ3n) is 2.80. The Morgan fingerprint density at radius 1 is 1.16 bits per heavy atom. The Hall–Kier alpha value is -1.91. The number of aliphatic hydroxyl groups excluding tert-OH is 1. The highest BCUT2D eigenvalue weighted by atomic mass is 19.1. The van der Waals surface area contributed by atoms with E-state index in [1.165, 1.54) is 12.1 Å². The minimum atomic E-state index is -0.408. The smallest absolute Gasteiger partial charge is 0.123 e. The molecule has 19 heavy (non-hydrogen) atoms. The van der Waals surface area contributed by atoms with E-state index < -0.39 is 6.04 Å². The molecule has 2 aromatic rings. The van der Waals surface area contributed by atoms with Gasteiger partial charge < -0.3 is 15.6 Å². The van der Waals surface area contributed by atoms with Gasteiger partial charge in [0.05, 0.1) is 12.6 Å². The molecule has 0 fully saturated rings. The number of benzene rings is 2. The van der Waals surface area contributed by atoms with Crippen LogP contribution in [0.25, 0.3) is 0 Å². The second-order valence-electron chi connectivity index (χ2n) is 4.28. The van der Waals surface area contributed by atoms with Gasteiger partial charge in [-0.1, -0.05) is 24.3 Å². The summed E-state index contributed by atoms with van der Waals surface area (Å²) in [5.41, 5.74) is 7.45. The van der Waals surface area contributed by atoms with E-state index in [1.54, 1.807) is 18.2 Å². The summed E-state index contributed by atoms with van der Waals surface area (Å²) in [6, 6.07) is 13.0. The van der Waals surface area contributed by atoms with E-state index in [4.69, 9.17) is 15.6 Å². The molecule has 0 amide bonds. The molecule has 0 saturated carbocycles. The lowest BCUT2D eigenvalue weighted by Crippen LogP contribution is -2.14. The minimum absolute atomic E-state index is 0.110. The molecule has 0 unspecified atom stereocenters. The van der Waals surface area contributed by atoms with Crippen LogP contribution in [-0.4, -0.2) is 11.7 Å². The molecule has 0 aliphatic rings. The zero-order valence-corrected chi connectivity index (χ0v) is 10.4. The quantitative estimate of drug-likeness (QED) is 0.869. The predicted octanol–water partition coefficient (Wildman–Crippen LogP) is 2.40. The highest BCUT2D eigenvalue weighted by molar-refractivity contribution is 5.30. The Morgan fingerprint density at radius 2 is 1.89 bits per heavy atom. The number of hydrogen-bond acceptors (Lipinski definition) is 3. The molecule has 3 N–H and O–H groups in total. The summed E-state index contributed by atoms with van der Waals surface area (Å²) in [6.45, 7) is 0.250. The first-order chi connectivity index (χ1) is 9.19. The summed E-state index contributed by atoms with van der Waals surface area (Å²) < 4.78 is 18.4. The van der Waals surface area contributed by atoms with Crippen LogP contribution in [0, 0.1) is 5.82 Å². The van der Waals surface area contributed by atoms with Crippen molar-refractivity contribution >= 4 is 0 Å². The Balaban J connectivity index is 2.01. The summed E-state index contributed by atoms with van der Waals surface area (Å²) in [5, 5.41) is 9.01. The largest absolute Gasteiger partial charge is 0.489 e. The van der Waals surface area contributed by atoms with Gasteiger partial charge in [-0.15, -0.1) is 0 Å². The van der Waals surface area contributed by atoms with Crippen LogP contribution in [0.15, 0.2) is 48.5 Å². The van der Waals surface area contributed by atoms with Crippen LogP contribution in [0.2, 0.25) is 0 Å². The number of nitrogens with two attached hydrogens (primary N) is 1. The zero-order chi connectivity index (χ0) is 13.7. The molecule has 2 rings (SSSR count). The van der Waals surface area contributed by atoms with E-state index in [0.29, 0.717) is 12.4 Å². The van der Waals surface area contributed by atoms with Gasteiger partial charge in [-0.05, 0) is 35.4 Å². The van der Waals surface area contributed by atoms with Gasteiger partial charge >= 0.3 is 0 Å². The molecule has 0 heterocycles. The van der Waals surface area contributed by atoms with E-state index in [9.17, 15) is 4.39 Å². The average molecular weight is 261 g/mol. The maximum atomic E-state index is 12.8. The zero-order valence-electron chi connectivity index (χ0n) is 10.4. The number of rotatable bonds is 5. The summed E-state index contributed by atoms with van der Waals surface area (Å²) in [4.78, 5) is 0. The molecule has 0 aliphatic heterocycles. The Bertz CT molecular complexity index is 528. The fourth-order valence-electron chi connectivity index (χ4n) is 1.69. The normalized spacial score (nSPS) is 12.2. The summed E-state index contributed by atoms with van der Waals surface area (Å²) in [5.74, 6) is 0.408. The van der Waals surface area contributed by atoms with Gasteiger partial charge in [-0.3, -0.25) is 0 Å². The SMILES string of the molecule is N[C@H](CO)c1cccc(OCc2ccc(F)cc2)c1. The molecule has 0 bridgehead atoms. The van der Waals surface area contributed by atoms with Crippen LogP contribution < -0.4 is 10.5 Å². The van der Waals surface area contributed by atoms with Crippen LogP contribution >= 0.6 is 0 Å². The summed E-state index contributed by atoms with van der Waals surface area (Å²) in [6.07, 6.45) is 0. The molecular formula is C15H16FNO2. The van der Waals surface area contributed by atoms with Crippen LogP contribution in [-0.2, 0) is 6.61 Å². The van der Waals surface area contributed by atoms with Gasteiger partial charge in [0.1, 0.15) is 18.2 Å². The van der Waals surface area contributed by atoms with Crippen molar-refractivity contribution in [3.8, 4) is 5.75 Å². The fourth-order valence-corrected chi connectivity index (χ4v) is 1.69. The van der Waals surface area contributed by atoms with Crippen molar-refractivity contribution in [2.75, 3.05) is 6.61 Å². The lowest BCUT2D eigenvalue weighted by Gasteiger charge is -2.11. The van der Waals surface area contributed by atoms with Crippen molar-refractivity contribution in [3.05, 3.63) is 65.5 Å². The number of aliphatic hydroxyl groups is 1. The predicted molar refractivity (Wildman–Crippen MR) is 71.2 cm³/mol. The third kappa shape index (κ3) is 3.77. The highest BCUT2D eigenvalue weighted by Gasteiger charge is 2.05. The van der Waals surface area contributed by atoms with Crippen molar-refractivity contribution in [1.29, 1.82) is 0 Å². The van der Waals surface area contributed by atoms with E-state index >= 15 is 0 Å². The maximum Gasteiger partial charge on any atom is 0.123 e. The molecule has 0 aliphatic carbocycles. The van der Waals surface area contributed by atoms with Gasteiger partial charge in [-0.25, -0.2) is 4.39 Å². The third-order valence-corrected chi connectivity index (χ3v) is 2.80. The first kappa shape index (κ1) is 13.5. The van der Waals surface area contributed by atoms with Crippen molar-refractivity contribution in [1.82, 2.24) is 0 Å². The molecule has 4 heteroatoms. The summed E-state index contributed by atoms with van der Waals surface area (Å²) >= 11 is 0. The Kier molecular flexibility index (Phi) is 4.49. The van der Waals surface area contributed by atoms with Gasteiger partial charge in [0.2, 0.25) is 0 Å². The van der Waals surface area contributed by atoms with Gasteiger partial charge in [0.15, 0.2) is 0 Å². The fraction of sp³-hybridized carbons (Fsp3) is 0.200. The van der Waals surface area contributed by atoms with E-state index in [2.05, 4.69) is 0 Å². The van der Waals surface area contributed by atoms with E-state index in [0.717, 1.165) is 11.1 Å².